The minimum atomic E-state index is -4.33. The summed E-state index contributed by atoms with van der Waals surface area (Å²) in [6.07, 6.45) is -1.19. The Morgan fingerprint density at radius 1 is 1.22 bits per heavy atom. The second kappa shape index (κ2) is 10.0. The van der Waals surface area contributed by atoms with Crippen molar-refractivity contribution < 1.29 is 22.5 Å². The van der Waals surface area contributed by atoms with Crippen molar-refractivity contribution in [3.05, 3.63) is 47.1 Å². The standard InChI is InChI=1S/C23H31F3N4O2/c1-22(2,3)21-28-20(32-29-21)9-5-8-19(31)27-18-10-12-30(13-11-18)15-16-6-4-7-17(14-16)23(24,25)26/h4,6-7,14,18H,5,8-13,15H2,1-3H3,(H,27,31). The van der Waals surface area contributed by atoms with E-state index >= 15 is 0 Å². The van der Waals surface area contributed by atoms with E-state index in [0.717, 1.165) is 32.0 Å². The molecular weight excluding hydrogens is 421 g/mol. The summed E-state index contributed by atoms with van der Waals surface area (Å²) in [6, 6.07) is 5.56. The Balaban J connectivity index is 1.37. The van der Waals surface area contributed by atoms with Gasteiger partial charge >= 0.3 is 6.18 Å². The van der Waals surface area contributed by atoms with Gasteiger partial charge in [0.15, 0.2) is 5.82 Å². The number of halogens is 3. The first-order valence-corrected chi connectivity index (χ1v) is 11.0. The Bertz CT molecular complexity index is 897. The molecule has 2 aromatic rings. The van der Waals surface area contributed by atoms with Crippen molar-refractivity contribution in [2.24, 2.45) is 0 Å². The van der Waals surface area contributed by atoms with Crippen LogP contribution in [-0.2, 0) is 29.4 Å². The lowest BCUT2D eigenvalue weighted by atomic mass is 9.96. The van der Waals surface area contributed by atoms with Gasteiger partial charge in [-0.2, -0.15) is 18.2 Å². The Morgan fingerprint density at radius 3 is 2.56 bits per heavy atom. The molecule has 1 aromatic heterocycles. The monoisotopic (exact) mass is 452 g/mol. The molecule has 3 rings (SSSR count). The molecule has 2 heterocycles. The van der Waals surface area contributed by atoms with E-state index in [1.54, 1.807) is 6.07 Å². The number of likely N-dealkylation sites (tertiary alicyclic amines) is 1. The number of rotatable bonds is 7. The predicted octanol–water partition coefficient (Wildman–Crippen LogP) is 4.49. The predicted molar refractivity (Wildman–Crippen MR) is 114 cm³/mol. The van der Waals surface area contributed by atoms with Crippen molar-refractivity contribution in [2.75, 3.05) is 13.1 Å². The highest BCUT2D eigenvalue weighted by molar-refractivity contribution is 5.76. The van der Waals surface area contributed by atoms with Crippen molar-refractivity contribution in [1.82, 2.24) is 20.4 Å². The summed E-state index contributed by atoms with van der Waals surface area (Å²) >= 11 is 0. The van der Waals surface area contributed by atoms with Crippen LogP contribution in [0.3, 0.4) is 0 Å². The van der Waals surface area contributed by atoms with E-state index in [1.807, 2.05) is 20.8 Å². The zero-order chi connectivity index (χ0) is 23.4. The SMILES string of the molecule is CC(C)(C)c1noc(CCCC(=O)NC2CCN(Cc3cccc(C(F)(F)F)c3)CC2)n1. The number of nitrogens with zero attached hydrogens (tertiary/aromatic N) is 3. The summed E-state index contributed by atoms with van der Waals surface area (Å²) in [6.45, 7) is 7.99. The average molecular weight is 453 g/mol. The number of nitrogens with one attached hydrogen (secondary N) is 1. The molecule has 1 aliphatic heterocycles. The first-order chi connectivity index (χ1) is 15.0. The fraction of sp³-hybridized carbons (Fsp3) is 0.609. The third kappa shape index (κ3) is 7.05. The molecule has 0 spiro atoms. The van der Waals surface area contributed by atoms with E-state index in [9.17, 15) is 18.0 Å². The number of hydrogen-bond donors (Lipinski definition) is 1. The molecule has 0 unspecified atom stereocenters. The number of piperidine rings is 1. The average Bonchev–Trinajstić information content (AvgIpc) is 3.19. The summed E-state index contributed by atoms with van der Waals surface area (Å²) < 4.78 is 43.9. The van der Waals surface area contributed by atoms with Gasteiger partial charge in [-0.25, -0.2) is 0 Å². The van der Waals surface area contributed by atoms with E-state index in [4.69, 9.17) is 4.52 Å². The van der Waals surface area contributed by atoms with Crippen LogP contribution < -0.4 is 5.32 Å². The summed E-state index contributed by atoms with van der Waals surface area (Å²) in [5.74, 6) is 1.20. The third-order valence-corrected chi connectivity index (χ3v) is 5.55. The minimum Gasteiger partial charge on any atom is -0.353 e. The molecule has 1 aromatic carbocycles. The maximum atomic E-state index is 12.9. The summed E-state index contributed by atoms with van der Waals surface area (Å²) in [5.41, 5.74) is -0.139. The van der Waals surface area contributed by atoms with Crippen LogP contribution in [0.5, 0.6) is 0 Å². The molecule has 1 fully saturated rings. The molecule has 1 amide bonds. The lowest BCUT2D eigenvalue weighted by Crippen LogP contribution is -2.44. The van der Waals surface area contributed by atoms with Gasteiger partial charge in [0.25, 0.3) is 0 Å². The number of aryl methyl sites for hydroxylation is 1. The topological polar surface area (TPSA) is 71.3 Å². The van der Waals surface area contributed by atoms with Gasteiger partial charge in [-0.05, 0) is 30.9 Å². The number of hydrogen-bond acceptors (Lipinski definition) is 5. The summed E-state index contributed by atoms with van der Waals surface area (Å²) in [5, 5.41) is 7.05. The molecule has 6 nitrogen and oxygen atoms in total. The van der Waals surface area contributed by atoms with Gasteiger partial charge in [-0.15, -0.1) is 0 Å². The summed E-state index contributed by atoms with van der Waals surface area (Å²) in [4.78, 5) is 18.8. The van der Waals surface area contributed by atoms with Crippen LogP contribution in [-0.4, -0.2) is 40.1 Å². The lowest BCUT2D eigenvalue weighted by Gasteiger charge is -2.32. The van der Waals surface area contributed by atoms with Crippen LogP contribution in [0.2, 0.25) is 0 Å². The van der Waals surface area contributed by atoms with Crippen molar-refractivity contribution in [2.45, 2.75) is 77.1 Å². The van der Waals surface area contributed by atoms with Crippen LogP contribution in [0, 0.1) is 0 Å². The molecule has 32 heavy (non-hydrogen) atoms. The molecular formula is C23H31F3N4O2. The van der Waals surface area contributed by atoms with Gasteiger partial charge in [0.2, 0.25) is 11.8 Å². The van der Waals surface area contributed by atoms with Crippen LogP contribution >= 0.6 is 0 Å². The number of aromatic nitrogens is 2. The first kappa shape index (κ1) is 24.2. The van der Waals surface area contributed by atoms with E-state index < -0.39 is 11.7 Å². The largest absolute Gasteiger partial charge is 0.416 e. The van der Waals surface area contributed by atoms with E-state index in [0.29, 0.717) is 43.1 Å². The molecule has 0 radical (unpaired) electrons. The van der Waals surface area contributed by atoms with Gasteiger partial charge in [-0.3, -0.25) is 9.69 Å². The zero-order valence-corrected chi connectivity index (χ0v) is 18.8. The van der Waals surface area contributed by atoms with Gasteiger partial charge in [0, 0.05) is 43.9 Å². The van der Waals surface area contributed by atoms with E-state index in [2.05, 4.69) is 20.4 Å². The molecule has 0 aliphatic carbocycles. The Hall–Kier alpha value is -2.42. The van der Waals surface area contributed by atoms with Crippen molar-refractivity contribution in [3.8, 4) is 0 Å². The molecule has 0 atom stereocenters. The highest BCUT2D eigenvalue weighted by atomic mass is 19.4. The molecule has 176 valence electrons. The van der Waals surface area contributed by atoms with Gasteiger partial charge in [-0.1, -0.05) is 44.1 Å². The number of carbonyl (C=O) groups is 1. The Kier molecular flexibility index (Phi) is 7.59. The first-order valence-electron chi connectivity index (χ1n) is 11.0. The summed E-state index contributed by atoms with van der Waals surface area (Å²) in [7, 11) is 0. The van der Waals surface area contributed by atoms with Gasteiger partial charge < -0.3 is 9.84 Å². The minimum absolute atomic E-state index is 0.00288. The van der Waals surface area contributed by atoms with Crippen LogP contribution in [0.15, 0.2) is 28.8 Å². The lowest BCUT2D eigenvalue weighted by molar-refractivity contribution is -0.137. The number of alkyl halides is 3. The third-order valence-electron chi connectivity index (χ3n) is 5.55. The molecule has 1 aliphatic rings. The quantitative estimate of drug-likeness (QED) is 0.670. The van der Waals surface area contributed by atoms with Crippen LogP contribution in [0.4, 0.5) is 13.2 Å². The molecule has 1 saturated heterocycles. The maximum absolute atomic E-state index is 12.9. The van der Waals surface area contributed by atoms with E-state index in [1.165, 1.54) is 12.1 Å². The second-order valence-electron chi connectivity index (χ2n) is 9.43. The van der Waals surface area contributed by atoms with Gasteiger partial charge in [0.1, 0.15) is 0 Å². The normalized spacial score (nSPS) is 16.3. The number of benzene rings is 1. The number of carbonyl (C=O) groups excluding carboxylic acids is 1. The molecule has 0 saturated carbocycles. The molecule has 9 heteroatoms. The maximum Gasteiger partial charge on any atom is 0.416 e. The smallest absolute Gasteiger partial charge is 0.353 e. The van der Waals surface area contributed by atoms with Crippen molar-refractivity contribution >= 4 is 5.91 Å². The fourth-order valence-corrected chi connectivity index (χ4v) is 3.70. The van der Waals surface area contributed by atoms with Crippen molar-refractivity contribution in [3.63, 3.8) is 0 Å². The van der Waals surface area contributed by atoms with E-state index in [-0.39, 0.29) is 17.4 Å². The molecule has 1 N–H and O–H groups in total. The Morgan fingerprint density at radius 2 is 1.94 bits per heavy atom. The second-order valence-corrected chi connectivity index (χ2v) is 9.43. The molecule has 0 bridgehead atoms. The Labute approximate surface area is 186 Å². The highest BCUT2D eigenvalue weighted by Crippen LogP contribution is 2.30. The highest BCUT2D eigenvalue weighted by Gasteiger charge is 2.30. The number of amides is 1. The van der Waals surface area contributed by atoms with Crippen molar-refractivity contribution in [1.29, 1.82) is 0 Å². The van der Waals surface area contributed by atoms with Crippen LogP contribution in [0.1, 0.15) is 69.3 Å². The fourth-order valence-electron chi connectivity index (χ4n) is 3.70. The van der Waals surface area contributed by atoms with Gasteiger partial charge in [0.05, 0.1) is 5.56 Å². The zero-order valence-electron chi connectivity index (χ0n) is 18.8. The van der Waals surface area contributed by atoms with Crippen LogP contribution in [0.25, 0.3) is 0 Å².